The van der Waals surface area contributed by atoms with Crippen molar-refractivity contribution in [1.29, 1.82) is 0 Å². The molecule has 2 aromatic heterocycles. The summed E-state index contributed by atoms with van der Waals surface area (Å²) in [6, 6.07) is 7.59. The summed E-state index contributed by atoms with van der Waals surface area (Å²) in [5.74, 6) is -3.39. The van der Waals surface area contributed by atoms with Crippen LogP contribution in [0.15, 0.2) is 53.6 Å². The molecule has 3 aromatic rings. The minimum atomic E-state index is -3.49. The molecule has 3 atom stereocenters. The van der Waals surface area contributed by atoms with Gasteiger partial charge in [0.1, 0.15) is 23.6 Å². The molecule has 208 valence electrons. The summed E-state index contributed by atoms with van der Waals surface area (Å²) in [6.45, 7) is -0.418. The zero-order chi connectivity index (χ0) is 28.3. The molecule has 0 aliphatic carbocycles. The van der Waals surface area contributed by atoms with Crippen LogP contribution < -0.4 is 15.5 Å². The SMILES string of the molecule is O=C(Nc1ccc(C(O)(C(F)F)C(F)P)nc1)c1cn(C2COC2)nc(-c2ccccc2OCC(F)F)c1=O. The molecule has 1 aliphatic rings. The molecule has 39 heavy (non-hydrogen) atoms. The molecule has 1 amide bonds. The van der Waals surface area contributed by atoms with Crippen LogP contribution in [0.5, 0.6) is 5.75 Å². The highest BCUT2D eigenvalue weighted by atomic mass is 31.0. The van der Waals surface area contributed by atoms with Crippen molar-refractivity contribution in [2.45, 2.75) is 30.4 Å². The van der Waals surface area contributed by atoms with Crippen LogP contribution in [0.25, 0.3) is 11.3 Å². The van der Waals surface area contributed by atoms with E-state index in [1.807, 2.05) is 0 Å². The molecule has 3 heterocycles. The molecular formula is C24H22F5N4O5P. The minimum absolute atomic E-state index is 0.0390. The first kappa shape index (κ1) is 28.5. The smallest absolute Gasteiger partial charge is 0.275 e. The number of hydrogen-bond donors (Lipinski definition) is 2. The van der Waals surface area contributed by atoms with Crippen molar-refractivity contribution in [1.82, 2.24) is 14.8 Å². The Hall–Kier alpha value is -3.48. The second kappa shape index (κ2) is 11.7. The molecule has 0 spiro atoms. The summed E-state index contributed by atoms with van der Waals surface area (Å²) in [7, 11) is 1.45. The van der Waals surface area contributed by atoms with Crippen LogP contribution in [0.4, 0.5) is 27.6 Å². The number of aliphatic hydroxyl groups is 1. The third-order valence-electron chi connectivity index (χ3n) is 5.87. The Kier molecular flexibility index (Phi) is 8.57. The quantitative estimate of drug-likeness (QED) is 0.283. The second-order valence-electron chi connectivity index (χ2n) is 8.50. The van der Waals surface area contributed by atoms with Crippen LogP contribution in [-0.4, -0.2) is 64.4 Å². The maximum Gasteiger partial charge on any atom is 0.275 e. The van der Waals surface area contributed by atoms with Crippen molar-refractivity contribution in [3.8, 4) is 17.0 Å². The van der Waals surface area contributed by atoms with Crippen LogP contribution in [0.3, 0.4) is 0 Å². The fraction of sp³-hybridized carbons (Fsp3) is 0.333. The zero-order valence-corrected chi connectivity index (χ0v) is 21.1. The van der Waals surface area contributed by atoms with Gasteiger partial charge in [-0.25, -0.2) is 22.0 Å². The number of pyridine rings is 1. The Bertz CT molecular complexity index is 1380. The molecule has 0 bridgehead atoms. The van der Waals surface area contributed by atoms with Gasteiger partial charge in [-0.05, 0) is 24.3 Å². The van der Waals surface area contributed by atoms with E-state index in [2.05, 4.69) is 15.4 Å². The highest BCUT2D eigenvalue weighted by Crippen LogP contribution is 2.36. The van der Waals surface area contributed by atoms with Gasteiger partial charge < -0.3 is 19.9 Å². The summed E-state index contributed by atoms with van der Waals surface area (Å²) in [5, 5.41) is 16.8. The van der Waals surface area contributed by atoms with Crippen LogP contribution >= 0.6 is 9.24 Å². The molecule has 4 rings (SSSR count). The topological polar surface area (TPSA) is 116 Å². The highest BCUT2D eigenvalue weighted by Gasteiger charge is 2.47. The number of hydrogen-bond acceptors (Lipinski definition) is 7. The first-order valence-corrected chi connectivity index (χ1v) is 12.1. The number of amides is 1. The number of nitrogens with zero attached hydrogens (tertiary/aromatic N) is 3. The number of nitrogens with one attached hydrogen (secondary N) is 1. The van der Waals surface area contributed by atoms with Crippen molar-refractivity contribution in [3.05, 3.63) is 70.3 Å². The largest absolute Gasteiger partial charge is 0.487 e. The summed E-state index contributed by atoms with van der Waals surface area (Å²) < 4.78 is 77.5. The van der Waals surface area contributed by atoms with E-state index in [4.69, 9.17) is 9.47 Å². The Morgan fingerprint density at radius 2 is 1.92 bits per heavy atom. The Labute approximate surface area is 220 Å². The summed E-state index contributed by atoms with van der Waals surface area (Å²) >= 11 is 0. The number of aromatic nitrogens is 3. The number of halogens is 5. The molecule has 0 saturated carbocycles. The van der Waals surface area contributed by atoms with Crippen molar-refractivity contribution < 1.29 is 41.3 Å². The predicted octanol–water partition coefficient (Wildman–Crippen LogP) is 3.40. The van der Waals surface area contributed by atoms with Gasteiger partial charge in [-0.1, -0.05) is 21.4 Å². The van der Waals surface area contributed by atoms with Gasteiger partial charge in [0.05, 0.1) is 36.8 Å². The highest BCUT2D eigenvalue weighted by molar-refractivity contribution is 7.17. The van der Waals surface area contributed by atoms with E-state index >= 15 is 0 Å². The summed E-state index contributed by atoms with van der Waals surface area (Å²) in [5.41, 5.74) is -5.26. The molecule has 0 radical (unpaired) electrons. The van der Waals surface area contributed by atoms with Gasteiger partial charge in [-0.2, -0.15) is 5.10 Å². The number of anilines is 1. The van der Waals surface area contributed by atoms with Crippen molar-refractivity contribution in [2.24, 2.45) is 0 Å². The lowest BCUT2D eigenvalue weighted by Crippen LogP contribution is -2.41. The van der Waals surface area contributed by atoms with Gasteiger partial charge in [0.25, 0.3) is 18.8 Å². The Morgan fingerprint density at radius 3 is 2.49 bits per heavy atom. The van der Waals surface area contributed by atoms with Crippen molar-refractivity contribution in [3.63, 3.8) is 0 Å². The summed E-state index contributed by atoms with van der Waals surface area (Å²) in [6.07, 6.45) is -4.14. The number of benzene rings is 1. The number of rotatable bonds is 10. The van der Waals surface area contributed by atoms with Gasteiger partial charge in [0.15, 0.2) is 5.91 Å². The van der Waals surface area contributed by atoms with Crippen LogP contribution in [-0.2, 0) is 10.3 Å². The average Bonchev–Trinajstić information content (AvgIpc) is 2.87. The lowest BCUT2D eigenvalue weighted by atomic mass is 10.0. The minimum Gasteiger partial charge on any atom is -0.487 e. The monoisotopic (exact) mass is 572 g/mol. The fourth-order valence-corrected chi connectivity index (χ4v) is 3.94. The molecule has 9 nitrogen and oxygen atoms in total. The third kappa shape index (κ3) is 5.92. The number of para-hydroxylation sites is 1. The molecule has 3 unspecified atom stereocenters. The maximum absolute atomic E-state index is 13.7. The van der Waals surface area contributed by atoms with E-state index in [1.54, 1.807) is 6.07 Å². The number of carbonyl (C=O) groups is 1. The van der Waals surface area contributed by atoms with E-state index in [1.165, 1.54) is 38.3 Å². The van der Waals surface area contributed by atoms with E-state index in [-0.39, 0.29) is 47.5 Å². The molecule has 1 fully saturated rings. The standard InChI is InChI=1S/C24H22F5N4O5P/c25-18(26)11-38-16-4-2-1-3-14(16)19-20(34)15(8-33(32-19)13-9-37-10-13)21(35)31-12-5-6-17(30-7-12)24(36,22(27)28)23(29)39/h1-8,13,18,22-23,36H,9-11,39H2,(H,31,35). The lowest BCUT2D eigenvalue weighted by molar-refractivity contribution is -0.126. The Morgan fingerprint density at radius 1 is 1.21 bits per heavy atom. The van der Waals surface area contributed by atoms with E-state index in [9.17, 15) is 36.6 Å². The number of alkyl halides is 5. The first-order valence-electron chi connectivity index (χ1n) is 11.4. The predicted molar refractivity (Wildman–Crippen MR) is 132 cm³/mol. The number of carbonyl (C=O) groups excluding carboxylic acids is 1. The second-order valence-corrected chi connectivity index (χ2v) is 9.09. The third-order valence-corrected chi connectivity index (χ3v) is 6.38. The van der Waals surface area contributed by atoms with Gasteiger partial charge in [0.2, 0.25) is 11.0 Å². The molecule has 1 aromatic carbocycles. The normalized spacial score (nSPS) is 16.0. The Balaban J connectivity index is 1.68. The van der Waals surface area contributed by atoms with E-state index < -0.39 is 48.0 Å². The number of ether oxygens (including phenoxy) is 2. The van der Waals surface area contributed by atoms with E-state index in [0.717, 1.165) is 18.3 Å². The van der Waals surface area contributed by atoms with Gasteiger partial charge in [-0.15, -0.1) is 0 Å². The van der Waals surface area contributed by atoms with Gasteiger partial charge in [0, 0.05) is 11.8 Å². The molecule has 1 saturated heterocycles. The van der Waals surface area contributed by atoms with Crippen molar-refractivity contribution in [2.75, 3.05) is 25.1 Å². The van der Waals surface area contributed by atoms with Crippen LogP contribution in [0, 0.1) is 0 Å². The molecule has 2 N–H and O–H groups in total. The van der Waals surface area contributed by atoms with Gasteiger partial charge in [-0.3, -0.25) is 19.3 Å². The van der Waals surface area contributed by atoms with Gasteiger partial charge >= 0.3 is 0 Å². The molecule has 15 heteroatoms. The molecular weight excluding hydrogens is 550 g/mol. The maximum atomic E-state index is 13.7. The van der Waals surface area contributed by atoms with Crippen LogP contribution in [0.2, 0.25) is 0 Å². The summed E-state index contributed by atoms with van der Waals surface area (Å²) in [4.78, 5) is 30.1. The lowest BCUT2D eigenvalue weighted by Gasteiger charge is -2.28. The first-order chi connectivity index (χ1) is 18.5. The van der Waals surface area contributed by atoms with Crippen LogP contribution in [0.1, 0.15) is 22.1 Å². The van der Waals surface area contributed by atoms with E-state index in [0.29, 0.717) is 0 Å². The molecule has 1 aliphatic heterocycles. The fourth-order valence-electron chi connectivity index (χ4n) is 3.63. The van der Waals surface area contributed by atoms with Crippen molar-refractivity contribution >= 4 is 20.8 Å². The average molecular weight is 572 g/mol. The zero-order valence-electron chi connectivity index (χ0n) is 19.9.